The van der Waals surface area contributed by atoms with E-state index >= 15 is 0 Å². The molecule has 29 heavy (non-hydrogen) atoms. The first-order valence-electron chi connectivity index (χ1n) is 8.05. The number of carbonyl (C=O) groups excluding carboxylic acids is 1. The molecule has 11 heteroatoms. The van der Waals surface area contributed by atoms with Crippen molar-refractivity contribution in [3.05, 3.63) is 63.1 Å². The van der Waals surface area contributed by atoms with Gasteiger partial charge in [-0.1, -0.05) is 46.9 Å². The van der Waals surface area contributed by atoms with Crippen molar-refractivity contribution >= 4 is 46.4 Å². The molecule has 1 heterocycles. The van der Waals surface area contributed by atoms with E-state index < -0.39 is 30.8 Å². The van der Waals surface area contributed by atoms with Gasteiger partial charge in [0.15, 0.2) is 6.61 Å². The summed E-state index contributed by atoms with van der Waals surface area (Å²) >= 11 is 17.4. The van der Waals surface area contributed by atoms with E-state index in [9.17, 15) is 23.1 Å². The van der Waals surface area contributed by atoms with Crippen LogP contribution in [0.1, 0.15) is 12.0 Å². The van der Waals surface area contributed by atoms with Gasteiger partial charge in [-0.05, 0) is 35.9 Å². The van der Waals surface area contributed by atoms with Crippen LogP contribution in [0, 0.1) is 0 Å². The summed E-state index contributed by atoms with van der Waals surface area (Å²) in [6, 6.07) is 9.95. The van der Waals surface area contributed by atoms with Gasteiger partial charge in [0.1, 0.15) is 5.75 Å². The fraction of sp³-hybridized carbons (Fsp3) is 0.222. The highest BCUT2D eigenvalue weighted by molar-refractivity contribution is 6.35. The number of halogens is 6. The van der Waals surface area contributed by atoms with Crippen LogP contribution in [0.25, 0.3) is 0 Å². The van der Waals surface area contributed by atoms with Gasteiger partial charge >= 0.3 is 6.18 Å². The number of amides is 1. The Morgan fingerprint density at radius 3 is 2.34 bits per heavy atom. The average Bonchev–Trinajstić information content (AvgIpc) is 3.00. The second kappa shape index (κ2) is 8.02. The van der Waals surface area contributed by atoms with Crippen LogP contribution in [-0.4, -0.2) is 40.2 Å². The van der Waals surface area contributed by atoms with Crippen LogP contribution < -0.4 is 4.74 Å². The van der Waals surface area contributed by atoms with Crippen molar-refractivity contribution in [2.24, 2.45) is 5.10 Å². The molecule has 3 rings (SSSR count). The normalized spacial score (nSPS) is 19.3. The predicted molar refractivity (Wildman–Crippen MR) is 102 cm³/mol. The maximum Gasteiger partial charge on any atom is 0.438 e. The van der Waals surface area contributed by atoms with Gasteiger partial charge in [-0.3, -0.25) is 4.79 Å². The van der Waals surface area contributed by atoms with Gasteiger partial charge in [-0.25, -0.2) is 0 Å². The summed E-state index contributed by atoms with van der Waals surface area (Å²) < 4.78 is 45.9. The number of benzene rings is 2. The molecule has 154 valence electrons. The predicted octanol–water partition coefficient (Wildman–Crippen LogP) is 4.91. The highest BCUT2D eigenvalue weighted by atomic mass is 35.5. The van der Waals surface area contributed by atoms with Gasteiger partial charge in [-0.2, -0.15) is 23.3 Å². The molecule has 0 bridgehead atoms. The number of rotatable bonds is 4. The number of hydrogen-bond donors (Lipinski definition) is 1. The van der Waals surface area contributed by atoms with Crippen LogP contribution in [0.4, 0.5) is 13.2 Å². The second-order valence-corrected chi connectivity index (χ2v) is 7.39. The van der Waals surface area contributed by atoms with E-state index in [0.717, 1.165) is 0 Å². The summed E-state index contributed by atoms with van der Waals surface area (Å²) in [5.74, 6) is -1.17. The zero-order valence-corrected chi connectivity index (χ0v) is 16.6. The smallest absolute Gasteiger partial charge is 0.438 e. The third-order valence-electron chi connectivity index (χ3n) is 4.10. The molecule has 1 amide bonds. The molecule has 0 saturated carbocycles. The molecule has 0 aromatic heterocycles. The highest BCUT2D eigenvalue weighted by Gasteiger charge is 2.63. The molecule has 0 spiro atoms. The Hall–Kier alpha value is -2.00. The molecule has 0 aliphatic carbocycles. The Kier molecular flexibility index (Phi) is 6.01. The fourth-order valence-electron chi connectivity index (χ4n) is 2.62. The van der Waals surface area contributed by atoms with E-state index in [4.69, 9.17) is 39.5 Å². The first-order valence-corrected chi connectivity index (χ1v) is 9.18. The van der Waals surface area contributed by atoms with E-state index in [0.29, 0.717) is 10.0 Å². The molecule has 1 aliphatic heterocycles. The Balaban J connectivity index is 1.85. The third-order valence-corrected chi connectivity index (χ3v) is 4.88. The van der Waals surface area contributed by atoms with Gasteiger partial charge < -0.3 is 9.84 Å². The Labute approximate surface area is 178 Å². The number of nitrogens with zero attached hydrogens (tertiary/aromatic N) is 2. The van der Waals surface area contributed by atoms with Crippen molar-refractivity contribution < 1.29 is 27.8 Å². The molecule has 2 aromatic rings. The third kappa shape index (κ3) is 4.45. The molecule has 2 aromatic carbocycles. The molecule has 1 atom stereocenters. The quantitative estimate of drug-likeness (QED) is 0.695. The van der Waals surface area contributed by atoms with Crippen molar-refractivity contribution in [3.8, 4) is 5.75 Å². The lowest BCUT2D eigenvalue weighted by atomic mass is 10.0. The van der Waals surface area contributed by atoms with Crippen molar-refractivity contribution in [2.75, 3.05) is 6.61 Å². The van der Waals surface area contributed by atoms with Crippen LogP contribution in [-0.2, 0) is 4.79 Å². The molecular formula is C18H12Cl3F3N2O3. The number of ether oxygens (including phenoxy) is 1. The van der Waals surface area contributed by atoms with E-state index in [-0.39, 0.29) is 27.1 Å². The van der Waals surface area contributed by atoms with Gasteiger partial charge in [0, 0.05) is 10.0 Å². The van der Waals surface area contributed by atoms with Gasteiger partial charge in [0.25, 0.3) is 11.6 Å². The minimum Gasteiger partial charge on any atom is -0.482 e. The minimum absolute atomic E-state index is 0.0131. The zero-order chi connectivity index (χ0) is 21.4. The largest absolute Gasteiger partial charge is 0.482 e. The van der Waals surface area contributed by atoms with E-state index in [2.05, 4.69) is 5.10 Å². The highest BCUT2D eigenvalue weighted by Crippen LogP contribution is 2.41. The number of hydrazone groups is 1. The topological polar surface area (TPSA) is 62.1 Å². The van der Waals surface area contributed by atoms with Crippen LogP contribution in [0.2, 0.25) is 15.1 Å². The summed E-state index contributed by atoms with van der Waals surface area (Å²) in [6.07, 6.45) is -6.09. The molecule has 5 nitrogen and oxygen atoms in total. The monoisotopic (exact) mass is 466 g/mol. The van der Waals surface area contributed by atoms with Crippen molar-refractivity contribution in [3.63, 3.8) is 0 Å². The summed E-state index contributed by atoms with van der Waals surface area (Å²) in [7, 11) is 0. The van der Waals surface area contributed by atoms with Crippen molar-refractivity contribution in [1.82, 2.24) is 5.01 Å². The van der Waals surface area contributed by atoms with Crippen LogP contribution in [0.3, 0.4) is 0 Å². The lowest BCUT2D eigenvalue weighted by Crippen LogP contribution is -2.57. The van der Waals surface area contributed by atoms with E-state index in [1.165, 1.54) is 42.5 Å². The maximum absolute atomic E-state index is 13.6. The second-order valence-electron chi connectivity index (χ2n) is 6.11. The average molecular weight is 468 g/mol. The Bertz CT molecular complexity index is 967. The van der Waals surface area contributed by atoms with Gasteiger partial charge in [0.05, 0.1) is 17.2 Å². The molecule has 0 fully saturated rings. The van der Waals surface area contributed by atoms with E-state index in [1.807, 2.05) is 0 Å². The molecule has 0 saturated heterocycles. The molecule has 1 aliphatic rings. The van der Waals surface area contributed by atoms with Crippen molar-refractivity contribution in [2.45, 2.75) is 18.3 Å². The Morgan fingerprint density at radius 1 is 1.14 bits per heavy atom. The summed E-state index contributed by atoms with van der Waals surface area (Å²) in [4.78, 5) is 12.4. The number of aliphatic hydroxyl groups is 1. The summed E-state index contributed by atoms with van der Waals surface area (Å²) in [6.45, 7) is -0.836. The standard InChI is InChI=1S/C18H12Cl3F3N2O3/c19-11-3-1-10(2-4-11)14-8-17(28,18(22,23)24)26(25-14)16(27)9-29-15-6-5-12(20)7-13(15)21/h1-7,28H,8-9H2/t17-/m0/s1. The minimum atomic E-state index is -5.15. The first-order chi connectivity index (χ1) is 13.5. The van der Waals surface area contributed by atoms with E-state index in [1.54, 1.807) is 0 Å². The molecular weight excluding hydrogens is 456 g/mol. The summed E-state index contributed by atoms with van der Waals surface area (Å²) in [5.41, 5.74) is -3.35. The number of carbonyl (C=O) groups is 1. The van der Waals surface area contributed by atoms with Crippen LogP contribution in [0.5, 0.6) is 5.75 Å². The number of alkyl halides is 3. The zero-order valence-electron chi connectivity index (χ0n) is 14.4. The fourth-order valence-corrected chi connectivity index (χ4v) is 3.21. The van der Waals surface area contributed by atoms with Crippen LogP contribution in [0.15, 0.2) is 47.6 Å². The van der Waals surface area contributed by atoms with Gasteiger partial charge in [0.2, 0.25) is 0 Å². The first kappa shape index (κ1) is 21.7. The number of hydrogen-bond acceptors (Lipinski definition) is 4. The lowest BCUT2D eigenvalue weighted by molar-refractivity contribution is -0.302. The molecule has 1 N–H and O–H groups in total. The summed E-state index contributed by atoms with van der Waals surface area (Å²) in [5, 5.41) is 14.7. The van der Waals surface area contributed by atoms with Crippen molar-refractivity contribution in [1.29, 1.82) is 0 Å². The maximum atomic E-state index is 13.6. The SMILES string of the molecule is O=C(COc1ccc(Cl)cc1Cl)N1N=C(c2ccc(Cl)cc2)C[C@]1(O)C(F)(F)F. The molecule has 0 radical (unpaired) electrons. The Morgan fingerprint density at radius 2 is 1.76 bits per heavy atom. The van der Waals surface area contributed by atoms with Gasteiger partial charge in [-0.15, -0.1) is 0 Å². The lowest BCUT2D eigenvalue weighted by Gasteiger charge is -2.32. The van der Waals surface area contributed by atoms with Crippen LogP contribution >= 0.6 is 34.8 Å². The molecule has 0 unspecified atom stereocenters.